The highest BCUT2D eigenvalue weighted by Crippen LogP contribution is 2.38. The topological polar surface area (TPSA) is 88.3 Å². The smallest absolute Gasteiger partial charge is 0.267 e. The molecule has 0 saturated carbocycles. The Morgan fingerprint density at radius 2 is 2.00 bits per heavy atom. The molecule has 0 unspecified atom stereocenters. The number of hydrogen-bond donors (Lipinski definition) is 2. The number of amides is 1. The summed E-state index contributed by atoms with van der Waals surface area (Å²) in [5.41, 5.74) is 1.96. The van der Waals surface area contributed by atoms with Crippen molar-refractivity contribution in [1.82, 2.24) is 9.97 Å². The van der Waals surface area contributed by atoms with Gasteiger partial charge in [-0.25, -0.2) is 4.98 Å². The Bertz CT molecular complexity index is 1410. The van der Waals surface area contributed by atoms with Crippen LogP contribution in [0.4, 0.5) is 5.69 Å². The maximum atomic E-state index is 12.7. The van der Waals surface area contributed by atoms with Crippen LogP contribution in [0.3, 0.4) is 0 Å². The molecule has 3 heterocycles. The van der Waals surface area contributed by atoms with E-state index in [0.717, 1.165) is 10.1 Å². The van der Waals surface area contributed by atoms with E-state index in [1.54, 1.807) is 48.8 Å². The van der Waals surface area contributed by atoms with Gasteiger partial charge in [0.15, 0.2) is 5.58 Å². The molecule has 1 amide bonds. The number of phenols is 1. The zero-order chi connectivity index (χ0) is 20.8. The number of carbonyl (C=O) groups excluding carboxylic acids is 1. The number of nitrogens with zero attached hydrogens (tertiary/aromatic N) is 2. The van der Waals surface area contributed by atoms with E-state index in [1.807, 2.05) is 0 Å². The van der Waals surface area contributed by atoms with E-state index in [-0.39, 0.29) is 17.5 Å². The predicted octanol–water partition coefficient (Wildman–Crippen LogP) is 6.37. The Kier molecular flexibility index (Phi) is 4.58. The largest absolute Gasteiger partial charge is 0.507 e. The van der Waals surface area contributed by atoms with Gasteiger partial charge in [0.25, 0.3) is 5.91 Å². The quantitative estimate of drug-likeness (QED) is 0.329. The number of hydrogen-bond acceptors (Lipinski definition) is 6. The number of halogens is 2. The van der Waals surface area contributed by atoms with Gasteiger partial charge >= 0.3 is 0 Å². The van der Waals surface area contributed by atoms with E-state index in [4.69, 9.17) is 27.6 Å². The standard InChI is InChI=1S/C21H11Cl2N3O3S/c22-10-1-3-13-17(7-10)30-19(18(13)23)20(28)25-11-2-4-12(15(27)8-11)21-26-14-9-24-6-5-16(14)29-21/h1-9,27H,(H,25,28). The summed E-state index contributed by atoms with van der Waals surface area (Å²) in [7, 11) is 0. The number of aromatic hydroxyl groups is 1. The summed E-state index contributed by atoms with van der Waals surface area (Å²) >= 11 is 13.6. The maximum Gasteiger partial charge on any atom is 0.267 e. The Hall–Kier alpha value is -3.13. The summed E-state index contributed by atoms with van der Waals surface area (Å²) in [6, 6.07) is 11.7. The number of fused-ring (bicyclic) bond motifs is 2. The Morgan fingerprint density at radius 3 is 2.80 bits per heavy atom. The molecule has 148 valence electrons. The molecule has 5 aromatic rings. The molecule has 5 rings (SSSR count). The van der Waals surface area contributed by atoms with Gasteiger partial charge < -0.3 is 14.8 Å². The van der Waals surface area contributed by atoms with Crippen LogP contribution in [0.15, 0.2) is 59.3 Å². The molecule has 9 heteroatoms. The van der Waals surface area contributed by atoms with Crippen molar-refractivity contribution in [3.8, 4) is 17.2 Å². The van der Waals surface area contributed by atoms with E-state index in [2.05, 4.69) is 15.3 Å². The van der Waals surface area contributed by atoms with E-state index >= 15 is 0 Å². The van der Waals surface area contributed by atoms with Gasteiger partial charge in [-0.05, 0) is 24.3 Å². The second-order valence-corrected chi connectivity index (χ2v) is 8.30. The normalized spacial score (nSPS) is 11.3. The number of nitrogens with one attached hydrogen (secondary N) is 1. The summed E-state index contributed by atoms with van der Waals surface area (Å²) in [6.45, 7) is 0. The number of aromatic nitrogens is 2. The molecule has 2 aromatic carbocycles. The minimum absolute atomic E-state index is 0.0819. The summed E-state index contributed by atoms with van der Waals surface area (Å²) in [5.74, 6) is -0.197. The molecule has 0 fully saturated rings. The maximum absolute atomic E-state index is 12.7. The van der Waals surface area contributed by atoms with Gasteiger partial charge in [-0.3, -0.25) is 9.78 Å². The van der Waals surface area contributed by atoms with Crippen LogP contribution >= 0.6 is 34.5 Å². The molecule has 0 spiro atoms. The van der Waals surface area contributed by atoms with Crippen molar-refractivity contribution in [2.24, 2.45) is 0 Å². The number of benzene rings is 2. The van der Waals surface area contributed by atoms with Gasteiger partial charge in [0, 0.05) is 39.1 Å². The second kappa shape index (κ2) is 7.28. The van der Waals surface area contributed by atoms with Crippen molar-refractivity contribution in [3.05, 3.63) is 69.8 Å². The first kappa shape index (κ1) is 18.9. The SMILES string of the molecule is O=C(Nc1ccc(-c2nc3cnccc3o2)c(O)c1)c1sc2cc(Cl)ccc2c1Cl. The average molecular weight is 456 g/mol. The van der Waals surface area contributed by atoms with Gasteiger partial charge in [0.05, 0.1) is 16.8 Å². The minimum atomic E-state index is -0.377. The highest BCUT2D eigenvalue weighted by atomic mass is 35.5. The molecule has 0 aliphatic rings. The number of rotatable bonds is 3. The lowest BCUT2D eigenvalue weighted by Crippen LogP contribution is -2.10. The molecule has 30 heavy (non-hydrogen) atoms. The van der Waals surface area contributed by atoms with Crippen molar-refractivity contribution in [1.29, 1.82) is 0 Å². The first-order chi connectivity index (χ1) is 14.5. The molecule has 0 aliphatic carbocycles. The summed E-state index contributed by atoms with van der Waals surface area (Å²) in [4.78, 5) is 21.4. The highest BCUT2D eigenvalue weighted by molar-refractivity contribution is 7.21. The van der Waals surface area contributed by atoms with Crippen LogP contribution in [0.1, 0.15) is 9.67 Å². The number of thiophene rings is 1. The van der Waals surface area contributed by atoms with Gasteiger partial charge in [0.1, 0.15) is 16.1 Å². The predicted molar refractivity (Wildman–Crippen MR) is 119 cm³/mol. The number of oxazole rings is 1. The lowest BCUT2D eigenvalue weighted by atomic mass is 10.1. The number of anilines is 1. The van der Waals surface area contributed by atoms with E-state index in [9.17, 15) is 9.90 Å². The van der Waals surface area contributed by atoms with E-state index < -0.39 is 0 Å². The summed E-state index contributed by atoms with van der Waals surface area (Å²) < 4.78 is 6.48. The van der Waals surface area contributed by atoms with Crippen molar-refractivity contribution in [2.75, 3.05) is 5.32 Å². The van der Waals surface area contributed by atoms with Crippen LogP contribution in [0.5, 0.6) is 5.75 Å². The monoisotopic (exact) mass is 455 g/mol. The fourth-order valence-electron chi connectivity index (χ4n) is 3.06. The van der Waals surface area contributed by atoms with E-state index in [0.29, 0.717) is 37.3 Å². The van der Waals surface area contributed by atoms with Gasteiger partial charge in [-0.1, -0.05) is 29.3 Å². The number of carbonyl (C=O) groups is 1. The third-order valence-electron chi connectivity index (χ3n) is 4.47. The van der Waals surface area contributed by atoms with Gasteiger partial charge in [-0.15, -0.1) is 11.3 Å². The fourth-order valence-corrected chi connectivity index (χ4v) is 4.75. The van der Waals surface area contributed by atoms with Crippen molar-refractivity contribution in [2.45, 2.75) is 0 Å². The Morgan fingerprint density at radius 1 is 1.13 bits per heavy atom. The molecule has 0 saturated heterocycles. The zero-order valence-corrected chi connectivity index (χ0v) is 17.3. The second-order valence-electron chi connectivity index (χ2n) is 6.43. The molecule has 3 aromatic heterocycles. The minimum Gasteiger partial charge on any atom is -0.507 e. The summed E-state index contributed by atoms with van der Waals surface area (Å²) in [5, 5.41) is 14.9. The van der Waals surface area contributed by atoms with Crippen molar-refractivity contribution in [3.63, 3.8) is 0 Å². The molecular weight excluding hydrogens is 445 g/mol. The Balaban J connectivity index is 1.43. The average Bonchev–Trinajstić information content (AvgIpc) is 3.29. The molecule has 0 atom stereocenters. The third kappa shape index (κ3) is 3.27. The van der Waals surface area contributed by atoms with E-state index in [1.165, 1.54) is 17.4 Å². The Labute approximate surface area is 183 Å². The van der Waals surface area contributed by atoms with Crippen LogP contribution in [0, 0.1) is 0 Å². The lowest BCUT2D eigenvalue weighted by molar-refractivity contribution is 0.103. The fraction of sp³-hybridized carbons (Fsp3) is 0. The third-order valence-corrected chi connectivity index (χ3v) is 6.36. The van der Waals surface area contributed by atoms with Gasteiger partial charge in [-0.2, -0.15) is 0 Å². The van der Waals surface area contributed by atoms with Gasteiger partial charge in [0.2, 0.25) is 5.89 Å². The number of pyridine rings is 1. The molecule has 0 radical (unpaired) electrons. The highest BCUT2D eigenvalue weighted by Gasteiger charge is 2.19. The van der Waals surface area contributed by atoms with Crippen molar-refractivity contribution >= 4 is 67.3 Å². The first-order valence-electron chi connectivity index (χ1n) is 8.72. The molecule has 6 nitrogen and oxygen atoms in total. The zero-order valence-electron chi connectivity index (χ0n) is 15.0. The van der Waals surface area contributed by atoms with Crippen LogP contribution < -0.4 is 5.32 Å². The molecule has 0 bridgehead atoms. The summed E-state index contributed by atoms with van der Waals surface area (Å²) in [6.07, 6.45) is 3.18. The molecule has 2 N–H and O–H groups in total. The molecule has 0 aliphatic heterocycles. The first-order valence-corrected chi connectivity index (χ1v) is 10.3. The molecular formula is C21H11Cl2N3O3S. The number of phenolic OH excluding ortho intramolecular Hbond substituents is 1. The van der Waals surface area contributed by atoms with Crippen molar-refractivity contribution < 1.29 is 14.3 Å². The lowest BCUT2D eigenvalue weighted by Gasteiger charge is -2.07. The van der Waals surface area contributed by atoms with Crippen LogP contribution in [-0.4, -0.2) is 21.0 Å². The van der Waals surface area contributed by atoms with Crippen LogP contribution in [0.2, 0.25) is 10.0 Å². The van der Waals surface area contributed by atoms with Crippen LogP contribution in [0.25, 0.3) is 32.6 Å². The van der Waals surface area contributed by atoms with Crippen LogP contribution in [-0.2, 0) is 0 Å².